The maximum atomic E-state index is 12.7. The fourth-order valence-electron chi connectivity index (χ4n) is 2.84. The van der Waals surface area contributed by atoms with Crippen molar-refractivity contribution in [3.05, 3.63) is 59.7 Å². The Labute approximate surface area is 178 Å². The van der Waals surface area contributed by atoms with Crippen molar-refractivity contribution in [2.75, 3.05) is 17.9 Å². The molecule has 0 bridgehead atoms. The highest BCUT2D eigenvalue weighted by Gasteiger charge is 2.21. The summed E-state index contributed by atoms with van der Waals surface area (Å²) < 4.78 is 49.0. The van der Waals surface area contributed by atoms with Crippen LogP contribution in [-0.2, 0) is 14.8 Å². The number of ether oxygens (including phenoxy) is 3. The Morgan fingerprint density at radius 1 is 1.10 bits per heavy atom. The van der Waals surface area contributed by atoms with Crippen molar-refractivity contribution >= 4 is 21.7 Å². The Hall–Kier alpha value is -3.60. The van der Waals surface area contributed by atoms with Gasteiger partial charge >= 0.3 is 5.97 Å². The van der Waals surface area contributed by atoms with E-state index in [1.54, 1.807) is 19.9 Å². The molecule has 4 rings (SSSR count). The third-order valence-corrected chi connectivity index (χ3v) is 5.75. The lowest BCUT2D eigenvalue weighted by atomic mass is 10.2. The molecule has 1 unspecified atom stereocenters. The number of nitrogens with one attached hydrogen (secondary N) is 1. The number of nitrogens with zero attached hydrogens (tertiary/aromatic N) is 2. The summed E-state index contributed by atoms with van der Waals surface area (Å²) in [4.78, 5) is 16.4. The zero-order valence-corrected chi connectivity index (χ0v) is 17.5. The largest absolute Gasteiger partial charge is 0.486 e. The van der Waals surface area contributed by atoms with Gasteiger partial charge in [0.15, 0.2) is 23.4 Å². The minimum absolute atomic E-state index is 0.0314. The average Bonchev–Trinajstić information content (AvgIpc) is 3.20. The van der Waals surface area contributed by atoms with Crippen LogP contribution in [0.1, 0.15) is 35.1 Å². The fourth-order valence-corrected chi connectivity index (χ4v) is 3.91. The molecule has 2 aromatic carbocycles. The molecular weight excluding hydrogens is 426 g/mol. The van der Waals surface area contributed by atoms with Crippen molar-refractivity contribution in [2.45, 2.75) is 24.8 Å². The van der Waals surface area contributed by atoms with E-state index in [1.807, 2.05) is 0 Å². The van der Waals surface area contributed by atoms with Crippen LogP contribution in [0.5, 0.6) is 11.5 Å². The maximum Gasteiger partial charge on any atom is 0.338 e. The topological polar surface area (TPSA) is 130 Å². The van der Waals surface area contributed by atoms with E-state index < -0.39 is 22.1 Å². The van der Waals surface area contributed by atoms with Crippen molar-refractivity contribution in [1.82, 2.24) is 10.1 Å². The molecule has 0 radical (unpaired) electrons. The van der Waals surface area contributed by atoms with Gasteiger partial charge in [-0.15, -0.1) is 0 Å². The number of anilines is 1. The van der Waals surface area contributed by atoms with Crippen molar-refractivity contribution in [3.8, 4) is 11.5 Å². The van der Waals surface area contributed by atoms with Crippen molar-refractivity contribution < 1.29 is 31.9 Å². The summed E-state index contributed by atoms with van der Waals surface area (Å²) in [6.07, 6.45) is -0.720. The van der Waals surface area contributed by atoms with Crippen molar-refractivity contribution in [3.63, 3.8) is 0 Å². The molecule has 11 heteroatoms. The number of hydrogen-bond donors (Lipinski definition) is 1. The SMILES string of the molecule is Cc1noc(C(C)OC(=O)c2ccc(NS(=O)(=O)c3ccc4c(c3)OCCO4)cc2)n1. The zero-order valence-electron chi connectivity index (χ0n) is 16.7. The average molecular weight is 445 g/mol. The Kier molecular flexibility index (Phi) is 5.51. The lowest BCUT2D eigenvalue weighted by Gasteiger charge is -2.19. The van der Waals surface area contributed by atoms with Crippen LogP contribution < -0.4 is 14.2 Å². The van der Waals surface area contributed by atoms with Crippen LogP contribution in [0.15, 0.2) is 51.9 Å². The van der Waals surface area contributed by atoms with E-state index in [0.29, 0.717) is 30.5 Å². The predicted molar refractivity (Wildman–Crippen MR) is 108 cm³/mol. The number of aryl methyl sites for hydroxylation is 1. The van der Waals surface area contributed by atoms with Gasteiger partial charge in [0.2, 0.25) is 0 Å². The molecule has 1 aliphatic heterocycles. The number of sulfonamides is 1. The summed E-state index contributed by atoms with van der Waals surface area (Å²) in [6.45, 7) is 4.04. The van der Waals surface area contributed by atoms with Gasteiger partial charge in [0.1, 0.15) is 13.2 Å². The molecular formula is C20H19N3O7S. The van der Waals surface area contributed by atoms with Gasteiger partial charge in [-0.2, -0.15) is 4.98 Å². The lowest BCUT2D eigenvalue weighted by molar-refractivity contribution is 0.0265. The Bertz CT molecular complexity index is 1210. The number of aromatic nitrogens is 2. The second-order valence-electron chi connectivity index (χ2n) is 6.72. The summed E-state index contributed by atoms with van der Waals surface area (Å²) in [6, 6.07) is 10.2. The van der Waals surface area contributed by atoms with Crippen LogP contribution in [0.2, 0.25) is 0 Å². The molecule has 1 N–H and O–H groups in total. The van der Waals surface area contributed by atoms with Crippen molar-refractivity contribution in [1.29, 1.82) is 0 Å². The molecule has 1 aromatic heterocycles. The first-order valence-corrected chi connectivity index (χ1v) is 10.8. The van der Waals surface area contributed by atoms with Crippen LogP contribution in [0.25, 0.3) is 0 Å². The number of esters is 1. The lowest BCUT2D eigenvalue weighted by Crippen LogP contribution is -2.17. The highest BCUT2D eigenvalue weighted by Crippen LogP contribution is 2.32. The van der Waals surface area contributed by atoms with Gasteiger partial charge in [0.25, 0.3) is 15.9 Å². The highest BCUT2D eigenvalue weighted by atomic mass is 32.2. The Morgan fingerprint density at radius 2 is 1.81 bits per heavy atom. The Morgan fingerprint density at radius 3 is 2.48 bits per heavy atom. The molecule has 0 saturated heterocycles. The first kappa shape index (κ1) is 20.7. The minimum atomic E-state index is -3.86. The number of carbonyl (C=O) groups excluding carboxylic acids is 1. The molecule has 31 heavy (non-hydrogen) atoms. The summed E-state index contributed by atoms with van der Waals surface area (Å²) >= 11 is 0. The Balaban J connectivity index is 1.43. The number of benzene rings is 2. The number of hydrogen-bond acceptors (Lipinski definition) is 9. The molecule has 2 heterocycles. The molecule has 1 atom stereocenters. The molecule has 0 amide bonds. The van der Waals surface area contributed by atoms with Gasteiger partial charge < -0.3 is 18.7 Å². The molecule has 0 fully saturated rings. The van der Waals surface area contributed by atoms with E-state index in [0.717, 1.165) is 0 Å². The van der Waals surface area contributed by atoms with E-state index in [2.05, 4.69) is 14.9 Å². The van der Waals surface area contributed by atoms with Crippen LogP contribution in [0.4, 0.5) is 5.69 Å². The van der Waals surface area contributed by atoms with Crippen molar-refractivity contribution in [2.24, 2.45) is 0 Å². The summed E-state index contributed by atoms with van der Waals surface area (Å²) in [5, 5.41) is 3.65. The van der Waals surface area contributed by atoms with Crippen LogP contribution in [0.3, 0.4) is 0 Å². The quantitative estimate of drug-likeness (QED) is 0.569. The van der Waals surface area contributed by atoms with Gasteiger partial charge in [-0.25, -0.2) is 13.2 Å². The van der Waals surface area contributed by atoms with Gasteiger partial charge in [0.05, 0.1) is 10.5 Å². The first-order valence-electron chi connectivity index (χ1n) is 9.35. The molecule has 0 saturated carbocycles. The third kappa shape index (κ3) is 4.61. The van der Waals surface area contributed by atoms with E-state index in [1.165, 1.54) is 36.4 Å². The summed E-state index contributed by atoms with van der Waals surface area (Å²) in [7, 11) is -3.86. The minimum Gasteiger partial charge on any atom is -0.486 e. The van der Waals surface area contributed by atoms with E-state index >= 15 is 0 Å². The fraction of sp³-hybridized carbons (Fsp3) is 0.250. The molecule has 0 spiro atoms. The normalized spacial score (nSPS) is 14.0. The third-order valence-electron chi connectivity index (χ3n) is 4.37. The molecule has 10 nitrogen and oxygen atoms in total. The predicted octanol–water partition coefficient (Wildman–Crippen LogP) is 2.87. The number of fused-ring (bicyclic) bond motifs is 1. The van der Waals surface area contributed by atoms with E-state index in [-0.39, 0.29) is 22.0 Å². The maximum absolute atomic E-state index is 12.7. The van der Waals surface area contributed by atoms with Crippen LogP contribution in [0, 0.1) is 6.92 Å². The van der Waals surface area contributed by atoms with Gasteiger partial charge in [-0.3, -0.25) is 4.72 Å². The highest BCUT2D eigenvalue weighted by molar-refractivity contribution is 7.92. The monoisotopic (exact) mass is 445 g/mol. The smallest absolute Gasteiger partial charge is 0.338 e. The molecule has 162 valence electrons. The number of rotatable bonds is 6. The molecule has 1 aliphatic rings. The zero-order chi connectivity index (χ0) is 22.0. The number of carbonyl (C=O) groups is 1. The summed E-state index contributed by atoms with van der Waals surface area (Å²) in [5.41, 5.74) is 0.525. The van der Waals surface area contributed by atoms with Gasteiger partial charge in [-0.05, 0) is 50.2 Å². The molecule has 0 aliphatic carbocycles. The van der Waals surface area contributed by atoms with Crippen LogP contribution >= 0.6 is 0 Å². The van der Waals surface area contributed by atoms with E-state index in [4.69, 9.17) is 18.7 Å². The van der Waals surface area contributed by atoms with Gasteiger partial charge in [0, 0.05) is 11.8 Å². The van der Waals surface area contributed by atoms with Crippen LogP contribution in [-0.4, -0.2) is 37.7 Å². The molecule has 3 aromatic rings. The standard InChI is InChI=1S/C20H19N3O7S/c1-12(19-21-13(2)22-30-19)29-20(24)14-3-5-15(6-4-14)23-31(25,26)16-7-8-17-18(11-16)28-10-9-27-17/h3-8,11-12,23H,9-10H2,1-2H3. The van der Waals surface area contributed by atoms with E-state index in [9.17, 15) is 13.2 Å². The second-order valence-corrected chi connectivity index (χ2v) is 8.40. The summed E-state index contributed by atoms with van der Waals surface area (Å²) in [5.74, 6) is 0.891. The van der Waals surface area contributed by atoms with Gasteiger partial charge in [-0.1, -0.05) is 5.16 Å². The first-order chi connectivity index (χ1) is 14.8. The second kappa shape index (κ2) is 8.26.